The number of H-pyrrole nitrogens is 1. The molecule has 0 aliphatic carbocycles. The Kier molecular flexibility index (Phi) is 1.07. The van der Waals surface area contributed by atoms with Crippen LogP contribution in [-0.2, 0) is 7.05 Å². The summed E-state index contributed by atoms with van der Waals surface area (Å²) in [6.45, 7) is 0. The first-order chi connectivity index (χ1) is 5.18. The molecule has 0 aliphatic heterocycles. The maximum atomic E-state index is 12.7. The summed E-state index contributed by atoms with van der Waals surface area (Å²) in [4.78, 5) is 0. The number of rotatable bonds is 0. The molecule has 0 radical (unpaired) electrons. The van der Waals surface area contributed by atoms with E-state index in [2.05, 4.69) is 5.10 Å². The fourth-order valence-electron chi connectivity index (χ4n) is 1.11. The lowest BCUT2D eigenvalue weighted by Gasteiger charge is -2.11. The molecule has 1 aromatic heterocycles. The minimum absolute atomic E-state index is 0.369. The number of aromatic nitrogens is 2. The van der Waals surface area contributed by atoms with E-state index in [1.165, 1.54) is 6.07 Å². The van der Waals surface area contributed by atoms with Crippen molar-refractivity contribution in [2.24, 2.45) is 7.05 Å². The van der Waals surface area contributed by atoms with E-state index >= 15 is 0 Å². The summed E-state index contributed by atoms with van der Waals surface area (Å²) in [6, 6.07) is 2.15. The highest BCUT2D eigenvalue weighted by Crippen LogP contribution is 2.18. The molecule has 2 nitrogen and oxygen atoms in total. The van der Waals surface area contributed by atoms with E-state index in [9.17, 15) is 8.78 Å². The standard InChI is InChI=1S/C7H6F2N2/c1-11-6-3-4(8)2-5(9)7(6)10-11/h2-3,10H,1H3. The van der Waals surface area contributed by atoms with E-state index in [4.69, 9.17) is 0 Å². The topological polar surface area (TPSA) is 20.7 Å². The first-order valence-corrected chi connectivity index (χ1v) is 3.18. The molecule has 0 unspecified atom stereocenters. The second kappa shape index (κ2) is 1.84. The average molecular weight is 156 g/mol. The fourth-order valence-corrected chi connectivity index (χ4v) is 1.11. The first kappa shape index (κ1) is 6.39. The molecule has 0 spiro atoms. The van der Waals surface area contributed by atoms with Gasteiger partial charge in [-0.15, -0.1) is 0 Å². The van der Waals surface area contributed by atoms with Gasteiger partial charge < -0.3 is 0 Å². The predicted octanol–water partition coefficient (Wildman–Crippen LogP) is 1.78. The summed E-state index contributed by atoms with van der Waals surface area (Å²) in [6.07, 6.45) is 0. The van der Waals surface area contributed by atoms with Crippen molar-refractivity contribution in [2.75, 3.05) is 0 Å². The Balaban J connectivity index is 2.80. The van der Waals surface area contributed by atoms with Gasteiger partial charge in [0, 0.05) is 19.2 Å². The lowest BCUT2D eigenvalue weighted by atomic mass is 10.2. The SMILES string of the molecule is Cn1[nH]c2c(F)cc(F)cc21. The minimum Gasteiger partial charge on any atom is -0.294 e. The highest BCUT2D eigenvalue weighted by molar-refractivity contribution is 5.77. The van der Waals surface area contributed by atoms with Crippen LogP contribution < -0.4 is 0 Å². The third-order valence-electron chi connectivity index (χ3n) is 1.68. The smallest absolute Gasteiger partial charge is 0.153 e. The fraction of sp³-hybridized carbons (Fsp3) is 0.143. The minimum atomic E-state index is -0.547. The van der Waals surface area contributed by atoms with Crippen LogP contribution >= 0.6 is 0 Å². The van der Waals surface area contributed by atoms with Gasteiger partial charge in [-0.25, -0.2) is 8.78 Å². The Morgan fingerprint density at radius 3 is 2.73 bits per heavy atom. The molecule has 0 amide bonds. The lowest BCUT2D eigenvalue weighted by Crippen LogP contribution is -2.07. The molecular formula is C7H6F2N2. The van der Waals surface area contributed by atoms with Gasteiger partial charge in [0.25, 0.3) is 0 Å². The highest BCUT2D eigenvalue weighted by atomic mass is 19.1. The van der Waals surface area contributed by atoms with Crippen LogP contribution in [0.25, 0.3) is 11.0 Å². The monoisotopic (exact) mass is 156 g/mol. The molecule has 0 saturated carbocycles. The van der Waals surface area contributed by atoms with Crippen LogP contribution in [0.5, 0.6) is 0 Å². The van der Waals surface area contributed by atoms with Gasteiger partial charge in [0.15, 0.2) is 5.82 Å². The number of nitrogens with zero attached hydrogens (tertiary/aromatic N) is 1. The van der Waals surface area contributed by atoms with Gasteiger partial charge in [0.05, 0.1) is 5.52 Å². The summed E-state index contributed by atoms with van der Waals surface area (Å²) < 4.78 is 26.8. The van der Waals surface area contributed by atoms with E-state index in [0.29, 0.717) is 11.0 Å². The molecule has 0 saturated heterocycles. The molecule has 1 N–H and O–H groups in total. The molecule has 58 valence electrons. The van der Waals surface area contributed by atoms with Crippen LogP contribution in [0.1, 0.15) is 0 Å². The van der Waals surface area contributed by atoms with Crippen molar-refractivity contribution in [3.8, 4) is 0 Å². The van der Waals surface area contributed by atoms with Gasteiger partial charge in [-0.05, 0) is 0 Å². The van der Waals surface area contributed by atoms with Gasteiger partial charge in [-0.3, -0.25) is 9.78 Å². The molecule has 2 aromatic rings. The van der Waals surface area contributed by atoms with Gasteiger partial charge in [-0.2, -0.15) is 0 Å². The molecular weight excluding hydrogens is 150 g/mol. The number of hydrogen-bond donors (Lipinski definition) is 1. The van der Waals surface area contributed by atoms with Crippen LogP contribution in [0, 0.1) is 11.6 Å². The molecule has 0 bridgehead atoms. The summed E-state index contributed by atoms with van der Waals surface area (Å²) >= 11 is 0. The third kappa shape index (κ3) is 0.753. The van der Waals surface area contributed by atoms with E-state index < -0.39 is 11.6 Å². The van der Waals surface area contributed by atoms with Crippen LogP contribution in [-0.4, -0.2) is 9.78 Å². The summed E-state index contributed by atoms with van der Waals surface area (Å²) in [5.74, 6) is -1.09. The molecule has 2 rings (SSSR count). The average Bonchev–Trinajstić information content (AvgIpc) is 1.93. The summed E-state index contributed by atoms with van der Waals surface area (Å²) in [5.41, 5.74) is 0.927. The van der Waals surface area contributed by atoms with Crippen molar-refractivity contribution in [1.82, 2.24) is 9.78 Å². The van der Waals surface area contributed by atoms with Crippen LogP contribution in [0.3, 0.4) is 0 Å². The van der Waals surface area contributed by atoms with Crippen molar-refractivity contribution < 1.29 is 8.78 Å². The van der Waals surface area contributed by atoms with Gasteiger partial charge in [0.1, 0.15) is 11.3 Å². The zero-order chi connectivity index (χ0) is 8.01. The molecule has 4 heteroatoms. The lowest BCUT2D eigenvalue weighted by molar-refractivity contribution is 0.578. The summed E-state index contributed by atoms with van der Waals surface area (Å²) in [5, 5.41) is 2.67. The Morgan fingerprint density at radius 1 is 1.36 bits per heavy atom. The maximum Gasteiger partial charge on any atom is 0.153 e. The molecule has 0 atom stereocenters. The number of nitrogens with one attached hydrogen (secondary N) is 1. The van der Waals surface area contributed by atoms with E-state index in [-0.39, 0.29) is 0 Å². The molecule has 1 aromatic carbocycles. The number of fused-ring (bicyclic) bond motifs is 1. The zero-order valence-electron chi connectivity index (χ0n) is 5.86. The normalized spacial score (nSPS) is 11.2. The van der Waals surface area contributed by atoms with E-state index in [1.54, 1.807) is 11.7 Å². The first-order valence-electron chi connectivity index (χ1n) is 3.18. The van der Waals surface area contributed by atoms with Gasteiger partial charge in [0.2, 0.25) is 0 Å². The van der Waals surface area contributed by atoms with Crippen molar-refractivity contribution >= 4 is 11.0 Å². The van der Waals surface area contributed by atoms with E-state index in [1.807, 2.05) is 0 Å². The molecule has 0 fully saturated rings. The predicted molar refractivity (Wildman–Crippen MR) is 37.2 cm³/mol. The quantitative estimate of drug-likeness (QED) is 0.600. The Bertz CT molecular complexity index is 400. The maximum absolute atomic E-state index is 12.7. The number of aryl methyl sites for hydroxylation is 1. The Hall–Kier alpha value is -1.32. The van der Waals surface area contributed by atoms with Gasteiger partial charge in [-0.1, -0.05) is 0 Å². The largest absolute Gasteiger partial charge is 0.294 e. The Labute approximate surface area is 61.4 Å². The number of hydrogen-bond acceptors (Lipinski definition) is 0. The second-order valence-electron chi connectivity index (χ2n) is 2.45. The third-order valence-corrected chi connectivity index (χ3v) is 1.68. The van der Waals surface area contributed by atoms with Crippen molar-refractivity contribution in [3.63, 3.8) is 0 Å². The van der Waals surface area contributed by atoms with Crippen LogP contribution in [0.15, 0.2) is 12.1 Å². The second-order valence-corrected chi connectivity index (χ2v) is 2.45. The number of aromatic amines is 1. The Morgan fingerprint density at radius 2 is 2.09 bits per heavy atom. The van der Waals surface area contributed by atoms with E-state index in [0.717, 1.165) is 6.07 Å². The highest BCUT2D eigenvalue weighted by Gasteiger charge is 2.08. The molecule has 11 heavy (non-hydrogen) atoms. The van der Waals surface area contributed by atoms with Gasteiger partial charge >= 0.3 is 0 Å². The molecule has 1 heterocycles. The zero-order valence-corrected chi connectivity index (χ0v) is 5.86. The van der Waals surface area contributed by atoms with Crippen molar-refractivity contribution in [1.29, 1.82) is 0 Å². The summed E-state index contributed by atoms with van der Waals surface area (Å²) in [7, 11) is 1.70. The van der Waals surface area contributed by atoms with Crippen LogP contribution in [0.2, 0.25) is 0 Å². The molecule has 0 aliphatic rings. The van der Waals surface area contributed by atoms with Crippen molar-refractivity contribution in [3.05, 3.63) is 23.8 Å². The van der Waals surface area contributed by atoms with Crippen LogP contribution in [0.4, 0.5) is 8.78 Å². The number of halogens is 2. The van der Waals surface area contributed by atoms with Crippen molar-refractivity contribution in [2.45, 2.75) is 0 Å². The number of benzene rings is 1.